The zero-order valence-electron chi connectivity index (χ0n) is 13.2. The van der Waals surface area contributed by atoms with Gasteiger partial charge in [0, 0.05) is 11.7 Å². The van der Waals surface area contributed by atoms with Gasteiger partial charge in [0.1, 0.15) is 5.75 Å². The molecule has 0 amide bonds. The number of rotatable bonds is 7. The summed E-state index contributed by atoms with van der Waals surface area (Å²) in [5.74, 6) is 0.895. The fraction of sp³-hybridized carbons (Fsp3) is 0.368. The smallest absolute Gasteiger partial charge is 0.118 e. The first-order valence-corrected chi connectivity index (χ1v) is 7.72. The fourth-order valence-corrected chi connectivity index (χ4v) is 2.37. The Kier molecular flexibility index (Phi) is 5.68. The number of unbranched alkanes of at least 4 members (excludes halogenated alkanes) is 1. The van der Waals surface area contributed by atoms with E-state index >= 15 is 0 Å². The van der Waals surface area contributed by atoms with Crippen LogP contribution in [0.2, 0.25) is 0 Å². The highest BCUT2D eigenvalue weighted by atomic mass is 16.5. The minimum atomic E-state index is 0.275. The van der Waals surface area contributed by atoms with E-state index in [1.54, 1.807) is 7.11 Å². The molecule has 0 aromatic heterocycles. The molecule has 0 radical (unpaired) electrons. The maximum absolute atomic E-state index is 5.19. The zero-order valence-corrected chi connectivity index (χ0v) is 13.2. The highest BCUT2D eigenvalue weighted by molar-refractivity contribution is 5.47. The van der Waals surface area contributed by atoms with Crippen LogP contribution < -0.4 is 10.1 Å². The summed E-state index contributed by atoms with van der Waals surface area (Å²) in [4.78, 5) is 0. The first-order chi connectivity index (χ1) is 10.2. The van der Waals surface area contributed by atoms with Gasteiger partial charge in [0.2, 0.25) is 0 Å². The van der Waals surface area contributed by atoms with Crippen LogP contribution >= 0.6 is 0 Å². The number of nitrogens with one attached hydrogen (secondary N) is 1. The third kappa shape index (κ3) is 4.52. The van der Waals surface area contributed by atoms with Crippen LogP contribution in [0.15, 0.2) is 48.5 Å². The molecule has 2 heteroatoms. The van der Waals surface area contributed by atoms with Gasteiger partial charge in [0.25, 0.3) is 0 Å². The molecular weight excluding hydrogens is 258 g/mol. The van der Waals surface area contributed by atoms with E-state index in [0.29, 0.717) is 0 Å². The lowest BCUT2D eigenvalue weighted by Gasteiger charge is -2.16. The van der Waals surface area contributed by atoms with Gasteiger partial charge in [-0.25, -0.2) is 0 Å². The lowest BCUT2D eigenvalue weighted by Crippen LogP contribution is -2.06. The Balaban J connectivity index is 1.96. The summed E-state index contributed by atoms with van der Waals surface area (Å²) < 4.78 is 5.19. The quantitative estimate of drug-likeness (QED) is 0.753. The summed E-state index contributed by atoms with van der Waals surface area (Å²) in [6, 6.07) is 17.3. The molecule has 21 heavy (non-hydrogen) atoms. The van der Waals surface area contributed by atoms with Gasteiger partial charge in [0.05, 0.1) is 7.11 Å². The Morgan fingerprint density at radius 2 is 1.67 bits per heavy atom. The summed E-state index contributed by atoms with van der Waals surface area (Å²) in [6.45, 7) is 4.40. The van der Waals surface area contributed by atoms with E-state index in [1.165, 1.54) is 36.1 Å². The molecule has 2 aromatic carbocycles. The lowest BCUT2D eigenvalue weighted by molar-refractivity contribution is 0.414. The standard InChI is InChI=1S/C19H25NO/c1-4-5-6-16-7-11-18(12-8-16)20-15(2)17-9-13-19(21-3)14-10-17/h7-15,20H,4-6H2,1-3H3. The van der Waals surface area contributed by atoms with Gasteiger partial charge in [-0.3, -0.25) is 0 Å². The second-order valence-corrected chi connectivity index (χ2v) is 5.44. The highest BCUT2D eigenvalue weighted by Crippen LogP contribution is 2.22. The number of hydrogen-bond acceptors (Lipinski definition) is 2. The van der Waals surface area contributed by atoms with E-state index in [-0.39, 0.29) is 6.04 Å². The van der Waals surface area contributed by atoms with E-state index in [2.05, 4.69) is 55.6 Å². The van der Waals surface area contributed by atoms with Crippen molar-refractivity contribution in [3.05, 3.63) is 59.7 Å². The highest BCUT2D eigenvalue weighted by Gasteiger charge is 2.05. The summed E-state index contributed by atoms with van der Waals surface area (Å²) in [6.07, 6.45) is 3.67. The Bertz CT molecular complexity index is 530. The van der Waals surface area contributed by atoms with Gasteiger partial charge in [0.15, 0.2) is 0 Å². The van der Waals surface area contributed by atoms with Crippen molar-refractivity contribution in [1.29, 1.82) is 0 Å². The Labute approximate surface area is 128 Å². The Morgan fingerprint density at radius 1 is 1.00 bits per heavy atom. The molecule has 0 aliphatic heterocycles. The van der Waals surface area contributed by atoms with E-state index < -0.39 is 0 Å². The number of aryl methyl sites for hydroxylation is 1. The summed E-state index contributed by atoms with van der Waals surface area (Å²) in [5, 5.41) is 3.54. The van der Waals surface area contributed by atoms with Crippen molar-refractivity contribution >= 4 is 5.69 Å². The lowest BCUT2D eigenvalue weighted by atomic mass is 10.1. The second-order valence-electron chi connectivity index (χ2n) is 5.44. The largest absolute Gasteiger partial charge is 0.497 e. The van der Waals surface area contributed by atoms with Gasteiger partial charge in [-0.2, -0.15) is 0 Å². The van der Waals surface area contributed by atoms with Crippen LogP contribution in [0.4, 0.5) is 5.69 Å². The summed E-state index contributed by atoms with van der Waals surface area (Å²) in [7, 11) is 1.69. The predicted molar refractivity (Wildman–Crippen MR) is 90.1 cm³/mol. The maximum atomic E-state index is 5.19. The van der Waals surface area contributed by atoms with Gasteiger partial charge >= 0.3 is 0 Å². The second kappa shape index (κ2) is 7.72. The van der Waals surface area contributed by atoms with Crippen LogP contribution in [0, 0.1) is 0 Å². The van der Waals surface area contributed by atoms with Crippen LogP contribution in [-0.4, -0.2) is 7.11 Å². The van der Waals surface area contributed by atoms with Gasteiger partial charge in [-0.05, 0) is 55.2 Å². The number of methoxy groups -OCH3 is 1. The third-order valence-corrected chi connectivity index (χ3v) is 3.77. The molecule has 2 nitrogen and oxygen atoms in total. The van der Waals surface area contributed by atoms with Crippen molar-refractivity contribution in [3.8, 4) is 5.75 Å². The fourth-order valence-electron chi connectivity index (χ4n) is 2.37. The van der Waals surface area contributed by atoms with E-state index in [4.69, 9.17) is 4.74 Å². The summed E-state index contributed by atoms with van der Waals surface area (Å²) in [5.41, 5.74) is 3.84. The molecule has 0 bridgehead atoms. The molecule has 1 N–H and O–H groups in total. The molecule has 0 heterocycles. The van der Waals surface area contributed by atoms with Crippen molar-refractivity contribution < 1.29 is 4.74 Å². The van der Waals surface area contributed by atoms with E-state index in [9.17, 15) is 0 Å². The molecule has 0 spiro atoms. The van der Waals surface area contributed by atoms with Crippen LogP contribution in [0.5, 0.6) is 5.75 Å². The van der Waals surface area contributed by atoms with Crippen molar-refractivity contribution in [2.24, 2.45) is 0 Å². The number of ether oxygens (including phenoxy) is 1. The molecule has 2 rings (SSSR count). The van der Waals surface area contributed by atoms with Crippen LogP contribution in [-0.2, 0) is 6.42 Å². The minimum absolute atomic E-state index is 0.275. The van der Waals surface area contributed by atoms with Crippen LogP contribution in [0.25, 0.3) is 0 Å². The molecule has 2 aromatic rings. The van der Waals surface area contributed by atoms with Gasteiger partial charge < -0.3 is 10.1 Å². The molecule has 0 saturated heterocycles. The molecule has 1 atom stereocenters. The molecule has 112 valence electrons. The molecule has 0 aliphatic rings. The molecular formula is C19H25NO. The predicted octanol–water partition coefficient (Wildman–Crippen LogP) is 5.21. The van der Waals surface area contributed by atoms with Gasteiger partial charge in [-0.1, -0.05) is 37.6 Å². The van der Waals surface area contributed by atoms with Crippen molar-refractivity contribution in [2.45, 2.75) is 39.2 Å². The molecule has 0 aliphatic carbocycles. The topological polar surface area (TPSA) is 21.3 Å². The third-order valence-electron chi connectivity index (χ3n) is 3.77. The molecule has 1 unspecified atom stereocenters. The number of hydrogen-bond donors (Lipinski definition) is 1. The SMILES string of the molecule is CCCCc1ccc(NC(C)c2ccc(OC)cc2)cc1. The first kappa shape index (κ1) is 15.4. The minimum Gasteiger partial charge on any atom is -0.497 e. The van der Waals surface area contributed by atoms with E-state index in [1.807, 2.05) is 12.1 Å². The number of benzene rings is 2. The molecule has 0 fully saturated rings. The Morgan fingerprint density at radius 3 is 2.24 bits per heavy atom. The van der Waals surface area contributed by atoms with Crippen LogP contribution in [0.1, 0.15) is 43.9 Å². The maximum Gasteiger partial charge on any atom is 0.118 e. The number of anilines is 1. The Hall–Kier alpha value is -1.96. The zero-order chi connectivity index (χ0) is 15.1. The summed E-state index contributed by atoms with van der Waals surface area (Å²) >= 11 is 0. The molecule has 0 saturated carbocycles. The normalized spacial score (nSPS) is 12.0. The average molecular weight is 283 g/mol. The monoisotopic (exact) mass is 283 g/mol. The average Bonchev–Trinajstić information content (AvgIpc) is 2.54. The first-order valence-electron chi connectivity index (χ1n) is 7.72. The van der Waals surface area contributed by atoms with Gasteiger partial charge in [-0.15, -0.1) is 0 Å². The van der Waals surface area contributed by atoms with E-state index in [0.717, 1.165) is 5.75 Å². The van der Waals surface area contributed by atoms with Crippen molar-refractivity contribution in [1.82, 2.24) is 0 Å². The van der Waals surface area contributed by atoms with Crippen molar-refractivity contribution in [3.63, 3.8) is 0 Å². The van der Waals surface area contributed by atoms with Crippen molar-refractivity contribution in [2.75, 3.05) is 12.4 Å². The van der Waals surface area contributed by atoms with Crippen LogP contribution in [0.3, 0.4) is 0 Å².